The summed E-state index contributed by atoms with van der Waals surface area (Å²) in [6.45, 7) is 9.76. The minimum atomic E-state index is -0.416. The Morgan fingerprint density at radius 3 is 2.38 bits per heavy atom. The van der Waals surface area contributed by atoms with Crippen LogP contribution in [0.2, 0.25) is 0 Å². The molecule has 0 aliphatic carbocycles. The molecule has 1 aromatic carbocycles. The predicted octanol–water partition coefficient (Wildman–Crippen LogP) is 1.16. The van der Waals surface area contributed by atoms with Crippen molar-refractivity contribution in [3.8, 4) is 5.75 Å². The van der Waals surface area contributed by atoms with Crippen LogP contribution >= 0.6 is 0 Å². The van der Waals surface area contributed by atoms with E-state index in [0.29, 0.717) is 19.1 Å². The van der Waals surface area contributed by atoms with Crippen LogP contribution in [0.25, 0.3) is 0 Å². The summed E-state index contributed by atoms with van der Waals surface area (Å²) in [5.74, 6) is 0.987. The van der Waals surface area contributed by atoms with Crippen molar-refractivity contribution in [3.05, 3.63) is 30.3 Å². The Morgan fingerprint density at radius 2 is 1.73 bits per heavy atom. The number of benzene rings is 1. The molecule has 0 spiro atoms. The molecule has 0 radical (unpaired) electrons. The van der Waals surface area contributed by atoms with Gasteiger partial charge in [0.2, 0.25) is 5.91 Å². The van der Waals surface area contributed by atoms with Crippen molar-refractivity contribution >= 4 is 11.9 Å². The number of urea groups is 1. The van der Waals surface area contributed by atoms with Gasteiger partial charge in [-0.25, -0.2) is 4.79 Å². The third-order valence-corrected chi connectivity index (χ3v) is 4.18. The van der Waals surface area contributed by atoms with Gasteiger partial charge in [0.1, 0.15) is 12.4 Å². The highest BCUT2D eigenvalue weighted by molar-refractivity contribution is 5.95. The van der Waals surface area contributed by atoms with Gasteiger partial charge in [-0.05, 0) is 18.1 Å². The maximum atomic E-state index is 11.9. The maximum Gasteiger partial charge on any atom is 0.321 e. The average molecular weight is 362 g/mol. The van der Waals surface area contributed by atoms with E-state index in [1.807, 2.05) is 44.2 Å². The average Bonchev–Trinajstić information content (AvgIpc) is 2.62. The lowest BCUT2D eigenvalue weighted by atomic mass is 10.2. The topological polar surface area (TPSA) is 73.9 Å². The molecule has 26 heavy (non-hydrogen) atoms. The van der Waals surface area contributed by atoms with E-state index in [1.54, 1.807) is 0 Å². The summed E-state index contributed by atoms with van der Waals surface area (Å²) >= 11 is 0. The van der Waals surface area contributed by atoms with E-state index >= 15 is 0 Å². The van der Waals surface area contributed by atoms with Crippen molar-refractivity contribution in [2.24, 2.45) is 5.92 Å². The van der Waals surface area contributed by atoms with Crippen LogP contribution in [0, 0.1) is 5.92 Å². The summed E-state index contributed by atoms with van der Waals surface area (Å²) in [7, 11) is 0. The Morgan fingerprint density at radius 1 is 1.08 bits per heavy atom. The molecule has 2 rings (SSSR count). The van der Waals surface area contributed by atoms with Gasteiger partial charge in [-0.1, -0.05) is 32.0 Å². The smallest absolute Gasteiger partial charge is 0.321 e. The molecule has 0 bridgehead atoms. The summed E-state index contributed by atoms with van der Waals surface area (Å²) in [5.41, 5.74) is 0. The quantitative estimate of drug-likeness (QED) is 0.726. The first-order valence-electron chi connectivity index (χ1n) is 9.23. The first-order valence-corrected chi connectivity index (χ1v) is 9.23. The number of amides is 3. The van der Waals surface area contributed by atoms with Gasteiger partial charge in [0.25, 0.3) is 0 Å². The lowest BCUT2D eigenvalue weighted by molar-refractivity contribution is -0.121. The second-order valence-electron chi connectivity index (χ2n) is 6.93. The molecule has 0 atom stereocenters. The van der Waals surface area contributed by atoms with Crippen LogP contribution in [0.5, 0.6) is 5.75 Å². The highest BCUT2D eigenvalue weighted by Gasteiger charge is 2.19. The van der Waals surface area contributed by atoms with Gasteiger partial charge in [0.05, 0.1) is 6.54 Å². The number of carbonyl (C=O) groups is 2. The number of hydrogen-bond donors (Lipinski definition) is 2. The number of hydrogen-bond acceptors (Lipinski definition) is 5. The molecular formula is C19H30N4O3. The molecule has 144 valence electrons. The van der Waals surface area contributed by atoms with Gasteiger partial charge in [-0.3, -0.25) is 19.9 Å². The van der Waals surface area contributed by atoms with E-state index < -0.39 is 6.03 Å². The SMILES string of the molecule is CC(C)CNC(=O)NC(=O)CN1CCN(CCOc2ccccc2)CC1. The minimum absolute atomic E-state index is 0.253. The molecule has 1 aromatic rings. The third-order valence-electron chi connectivity index (χ3n) is 4.18. The van der Waals surface area contributed by atoms with Gasteiger partial charge in [-0.15, -0.1) is 0 Å². The van der Waals surface area contributed by atoms with E-state index in [1.165, 1.54) is 0 Å². The lowest BCUT2D eigenvalue weighted by Crippen LogP contribution is -2.51. The number of rotatable bonds is 8. The highest BCUT2D eigenvalue weighted by Crippen LogP contribution is 2.08. The normalized spacial score (nSPS) is 15.7. The number of nitrogens with zero attached hydrogens (tertiary/aromatic N) is 2. The van der Waals surface area contributed by atoms with Crippen molar-refractivity contribution < 1.29 is 14.3 Å². The van der Waals surface area contributed by atoms with Crippen molar-refractivity contribution in [1.82, 2.24) is 20.4 Å². The monoisotopic (exact) mass is 362 g/mol. The Hall–Kier alpha value is -2.12. The minimum Gasteiger partial charge on any atom is -0.492 e. The number of imide groups is 1. The number of piperazine rings is 1. The molecule has 3 amide bonds. The molecule has 0 aromatic heterocycles. The highest BCUT2D eigenvalue weighted by atomic mass is 16.5. The number of para-hydroxylation sites is 1. The Balaban J connectivity index is 1.57. The second-order valence-corrected chi connectivity index (χ2v) is 6.93. The van der Waals surface area contributed by atoms with Gasteiger partial charge in [0, 0.05) is 39.3 Å². The molecule has 1 heterocycles. The van der Waals surface area contributed by atoms with Crippen molar-refractivity contribution in [1.29, 1.82) is 0 Å². The van der Waals surface area contributed by atoms with Crippen LogP contribution in [0.4, 0.5) is 4.79 Å². The Kier molecular flexibility index (Phi) is 8.37. The zero-order valence-corrected chi connectivity index (χ0v) is 15.7. The predicted molar refractivity (Wildman–Crippen MR) is 101 cm³/mol. The zero-order chi connectivity index (χ0) is 18.8. The van der Waals surface area contributed by atoms with Gasteiger partial charge in [-0.2, -0.15) is 0 Å². The van der Waals surface area contributed by atoms with E-state index in [2.05, 4.69) is 20.4 Å². The summed E-state index contributed by atoms with van der Waals surface area (Å²) in [6.07, 6.45) is 0. The first kappa shape index (κ1) is 20.2. The molecule has 1 fully saturated rings. The molecule has 0 unspecified atom stereocenters. The number of ether oxygens (including phenoxy) is 1. The van der Waals surface area contributed by atoms with E-state index in [-0.39, 0.29) is 12.5 Å². The lowest BCUT2D eigenvalue weighted by Gasteiger charge is -2.34. The number of carbonyl (C=O) groups excluding carboxylic acids is 2. The molecule has 1 aliphatic rings. The number of nitrogens with one attached hydrogen (secondary N) is 2. The van der Waals surface area contributed by atoms with Crippen molar-refractivity contribution in [2.45, 2.75) is 13.8 Å². The fraction of sp³-hybridized carbons (Fsp3) is 0.579. The van der Waals surface area contributed by atoms with Crippen LogP contribution in [-0.4, -0.2) is 74.2 Å². The largest absolute Gasteiger partial charge is 0.492 e. The summed E-state index contributed by atoms with van der Waals surface area (Å²) < 4.78 is 5.72. The van der Waals surface area contributed by atoms with Gasteiger partial charge >= 0.3 is 6.03 Å². The van der Waals surface area contributed by atoms with Crippen LogP contribution in [0.15, 0.2) is 30.3 Å². The summed E-state index contributed by atoms with van der Waals surface area (Å²) in [4.78, 5) is 27.9. The van der Waals surface area contributed by atoms with Crippen molar-refractivity contribution in [3.63, 3.8) is 0 Å². The molecule has 1 aliphatic heterocycles. The van der Waals surface area contributed by atoms with E-state index in [0.717, 1.165) is 38.5 Å². The Bertz CT molecular complexity index is 557. The van der Waals surface area contributed by atoms with Crippen LogP contribution in [0.1, 0.15) is 13.8 Å². The summed E-state index contributed by atoms with van der Waals surface area (Å²) in [6, 6.07) is 9.38. The molecule has 7 heteroatoms. The second kappa shape index (κ2) is 10.8. The molecule has 7 nitrogen and oxygen atoms in total. The summed E-state index contributed by atoms with van der Waals surface area (Å²) in [5, 5.41) is 5.06. The van der Waals surface area contributed by atoms with Crippen LogP contribution in [-0.2, 0) is 4.79 Å². The Labute approximate surface area is 155 Å². The molecular weight excluding hydrogens is 332 g/mol. The molecule has 1 saturated heterocycles. The third kappa shape index (κ3) is 7.84. The van der Waals surface area contributed by atoms with Crippen LogP contribution in [0.3, 0.4) is 0 Å². The molecule has 2 N–H and O–H groups in total. The molecule has 0 saturated carbocycles. The standard InChI is InChI=1S/C19H30N4O3/c1-16(2)14-20-19(25)21-18(24)15-23-10-8-22(9-11-23)12-13-26-17-6-4-3-5-7-17/h3-7,16H,8-15H2,1-2H3,(H2,20,21,24,25). The maximum absolute atomic E-state index is 11.9. The van der Waals surface area contributed by atoms with Gasteiger partial charge in [0.15, 0.2) is 0 Å². The van der Waals surface area contributed by atoms with Crippen molar-refractivity contribution in [2.75, 3.05) is 52.4 Å². The zero-order valence-electron chi connectivity index (χ0n) is 15.7. The first-order chi connectivity index (χ1) is 12.5. The fourth-order valence-corrected chi connectivity index (χ4v) is 2.69. The van der Waals surface area contributed by atoms with E-state index in [9.17, 15) is 9.59 Å². The van der Waals surface area contributed by atoms with E-state index in [4.69, 9.17) is 4.74 Å². The van der Waals surface area contributed by atoms with Crippen LogP contribution < -0.4 is 15.4 Å². The fourth-order valence-electron chi connectivity index (χ4n) is 2.69. The van der Waals surface area contributed by atoms with Gasteiger partial charge < -0.3 is 10.1 Å².